The van der Waals surface area contributed by atoms with E-state index in [1.54, 1.807) is 6.08 Å². The molecule has 0 atom stereocenters. The highest BCUT2D eigenvalue weighted by molar-refractivity contribution is 6.22. The highest BCUT2D eigenvalue weighted by atomic mass is 14.9. The van der Waals surface area contributed by atoms with Crippen molar-refractivity contribution in [3.63, 3.8) is 0 Å². The third-order valence-electron chi connectivity index (χ3n) is 2.53. The van der Waals surface area contributed by atoms with Crippen molar-refractivity contribution in [2.75, 3.05) is 0 Å². The van der Waals surface area contributed by atoms with Gasteiger partial charge >= 0.3 is 0 Å². The molecule has 1 aliphatic heterocycles. The van der Waals surface area contributed by atoms with Gasteiger partial charge in [0.2, 0.25) is 0 Å². The summed E-state index contributed by atoms with van der Waals surface area (Å²) in [7, 11) is 0. The summed E-state index contributed by atoms with van der Waals surface area (Å²) in [5.74, 6) is 0.294. The third-order valence-corrected chi connectivity index (χ3v) is 2.53. The van der Waals surface area contributed by atoms with Crippen LogP contribution in [0.4, 0.5) is 0 Å². The number of nitrogens with one attached hydrogen (secondary N) is 3. The molecule has 0 saturated carbocycles. The molecule has 3 N–H and O–H groups in total. The summed E-state index contributed by atoms with van der Waals surface area (Å²) >= 11 is 0. The van der Waals surface area contributed by atoms with Crippen LogP contribution < -0.4 is 0 Å². The first-order valence-corrected chi connectivity index (χ1v) is 5.01. The van der Waals surface area contributed by atoms with E-state index in [-0.39, 0.29) is 0 Å². The average Bonchev–Trinajstić information content (AvgIpc) is 2.96. The molecular formula is C12H10N4. The number of hydrogen-bond donors (Lipinski definition) is 3. The van der Waals surface area contributed by atoms with Crippen molar-refractivity contribution in [2.45, 2.75) is 0 Å². The van der Waals surface area contributed by atoms with E-state index in [0.29, 0.717) is 5.84 Å². The van der Waals surface area contributed by atoms with Crippen LogP contribution in [0.5, 0.6) is 0 Å². The second kappa shape index (κ2) is 3.34. The van der Waals surface area contributed by atoms with Crippen LogP contribution in [0.1, 0.15) is 5.69 Å². The summed E-state index contributed by atoms with van der Waals surface area (Å²) in [6.45, 7) is 0. The van der Waals surface area contributed by atoms with Gasteiger partial charge in [0, 0.05) is 23.7 Å². The summed E-state index contributed by atoms with van der Waals surface area (Å²) < 4.78 is 0. The first-order valence-electron chi connectivity index (χ1n) is 5.01. The predicted octanol–water partition coefficient (Wildman–Crippen LogP) is 2.35. The Morgan fingerprint density at radius 1 is 1.06 bits per heavy atom. The Balaban J connectivity index is 2.10. The molecule has 4 nitrogen and oxygen atoms in total. The van der Waals surface area contributed by atoms with Gasteiger partial charge in [0.25, 0.3) is 0 Å². The van der Waals surface area contributed by atoms with Crippen LogP contribution in [0.25, 0.3) is 11.3 Å². The Kier molecular flexibility index (Phi) is 1.86. The maximum absolute atomic E-state index is 7.43. The van der Waals surface area contributed by atoms with Gasteiger partial charge in [0.15, 0.2) is 0 Å². The zero-order valence-electron chi connectivity index (χ0n) is 8.49. The SMILES string of the molecule is N=C1C=CC(c2[nH]ccc2-c2ccc[nH]2)=N1. The second-order valence-electron chi connectivity index (χ2n) is 3.57. The fourth-order valence-corrected chi connectivity index (χ4v) is 1.81. The van der Waals surface area contributed by atoms with Crippen molar-refractivity contribution in [1.29, 1.82) is 5.41 Å². The number of hydrogen-bond acceptors (Lipinski definition) is 1. The van der Waals surface area contributed by atoms with Crippen LogP contribution in [-0.4, -0.2) is 21.5 Å². The molecule has 3 heterocycles. The van der Waals surface area contributed by atoms with Gasteiger partial charge in [-0.2, -0.15) is 0 Å². The summed E-state index contributed by atoms with van der Waals surface area (Å²) in [4.78, 5) is 10.5. The van der Waals surface area contributed by atoms with E-state index in [0.717, 1.165) is 22.7 Å². The van der Waals surface area contributed by atoms with E-state index in [2.05, 4.69) is 15.0 Å². The van der Waals surface area contributed by atoms with Crippen LogP contribution in [0.3, 0.4) is 0 Å². The molecule has 0 spiro atoms. The van der Waals surface area contributed by atoms with Gasteiger partial charge in [-0.15, -0.1) is 0 Å². The number of nitrogens with zero attached hydrogens (tertiary/aromatic N) is 1. The number of amidine groups is 1. The number of aromatic nitrogens is 2. The molecule has 0 radical (unpaired) electrons. The van der Waals surface area contributed by atoms with Crippen LogP contribution >= 0.6 is 0 Å². The summed E-state index contributed by atoms with van der Waals surface area (Å²) in [6.07, 6.45) is 7.31. The smallest absolute Gasteiger partial charge is 0.145 e. The molecule has 0 bridgehead atoms. The van der Waals surface area contributed by atoms with E-state index in [9.17, 15) is 0 Å². The molecule has 0 unspecified atom stereocenters. The molecule has 1 aliphatic rings. The lowest BCUT2D eigenvalue weighted by molar-refractivity contribution is 1.35. The molecule has 0 aliphatic carbocycles. The van der Waals surface area contributed by atoms with Crippen molar-refractivity contribution in [3.05, 3.63) is 48.4 Å². The Bertz CT molecular complexity index is 584. The molecule has 0 aromatic carbocycles. The molecular weight excluding hydrogens is 200 g/mol. The van der Waals surface area contributed by atoms with Crippen molar-refractivity contribution >= 4 is 11.5 Å². The highest BCUT2D eigenvalue weighted by Crippen LogP contribution is 2.23. The third kappa shape index (κ3) is 1.32. The molecule has 0 amide bonds. The molecule has 0 fully saturated rings. The van der Waals surface area contributed by atoms with Crippen LogP contribution in [0, 0.1) is 5.41 Å². The predicted molar refractivity (Wildman–Crippen MR) is 64.0 cm³/mol. The summed E-state index contributed by atoms with van der Waals surface area (Å²) in [6, 6.07) is 5.97. The second-order valence-corrected chi connectivity index (χ2v) is 3.57. The Labute approximate surface area is 92.3 Å². The number of aliphatic imine (C=N–C) groups is 1. The Hall–Kier alpha value is -2.36. The van der Waals surface area contributed by atoms with Gasteiger partial charge in [-0.1, -0.05) is 0 Å². The number of aromatic amines is 2. The summed E-state index contributed by atoms with van der Waals surface area (Å²) in [5, 5.41) is 7.43. The van der Waals surface area contributed by atoms with E-state index >= 15 is 0 Å². The molecule has 4 heteroatoms. The minimum Gasteiger partial charge on any atom is -0.361 e. The van der Waals surface area contributed by atoms with E-state index in [1.165, 1.54) is 0 Å². The molecule has 2 aromatic rings. The van der Waals surface area contributed by atoms with Gasteiger partial charge in [0.05, 0.1) is 11.4 Å². The van der Waals surface area contributed by atoms with Gasteiger partial charge in [-0.3, -0.25) is 5.41 Å². The Morgan fingerprint density at radius 2 is 2.00 bits per heavy atom. The lowest BCUT2D eigenvalue weighted by atomic mass is 10.1. The van der Waals surface area contributed by atoms with Gasteiger partial charge < -0.3 is 9.97 Å². The highest BCUT2D eigenvalue weighted by Gasteiger charge is 2.13. The maximum Gasteiger partial charge on any atom is 0.145 e. The van der Waals surface area contributed by atoms with E-state index in [4.69, 9.17) is 5.41 Å². The Morgan fingerprint density at radius 3 is 2.69 bits per heavy atom. The molecule has 0 saturated heterocycles. The fraction of sp³-hybridized carbons (Fsp3) is 0. The maximum atomic E-state index is 7.43. The molecule has 2 aromatic heterocycles. The van der Waals surface area contributed by atoms with E-state index < -0.39 is 0 Å². The van der Waals surface area contributed by atoms with Crippen molar-refractivity contribution in [2.24, 2.45) is 4.99 Å². The largest absolute Gasteiger partial charge is 0.361 e. The first kappa shape index (κ1) is 8.91. The van der Waals surface area contributed by atoms with Crippen molar-refractivity contribution < 1.29 is 0 Å². The summed E-state index contributed by atoms with van der Waals surface area (Å²) in [5.41, 5.74) is 3.87. The molecule has 3 rings (SSSR count). The van der Waals surface area contributed by atoms with Crippen LogP contribution in [0.2, 0.25) is 0 Å². The lowest BCUT2D eigenvalue weighted by Gasteiger charge is -2.00. The van der Waals surface area contributed by atoms with Gasteiger partial charge in [0.1, 0.15) is 5.84 Å². The van der Waals surface area contributed by atoms with E-state index in [1.807, 2.05) is 36.7 Å². The van der Waals surface area contributed by atoms with Gasteiger partial charge in [-0.25, -0.2) is 4.99 Å². The lowest BCUT2D eigenvalue weighted by Crippen LogP contribution is -1.97. The standard InChI is InChI=1S/C12H10N4/c13-11-4-3-10(16-11)12-8(5-7-15-12)9-2-1-6-14-9/h1-7,13-15H. The van der Waals surface area contributed by atoms with Gasteiger partial charge in [-0.05, 0) is 30.4 Å². The number of rotatable bonds is 2. The van der Waals surface area contributed by atoms with Crippen molar-refractivity contribution in [1.82, 2.24) is 9.97 Å². The first-order chi connectivity index (χ1) is 7.84. The minimum atomic E-state index is 0.294. The quantitative estimate of drug-likeness (QED) is 0.681. The monoisotopic (exact) mass is 210 g/mol. The van der Waals surface area contributed by atoms with Crippen LogP contribution in [0.15, 0.2) is 47.7 Å². The zero-order chi connectivity index (χ0) is 11.0. The number of H-pyrrole nitrogens is 2. The van der Waals surface area contributed by atoms with Crippen molar-refractivity contribution in [3.8, 4) is 11.3 Å². The van der Waals surface area contributed by atoms with Crippen LogP contribution in [-0.2, 0) is 0 Å². The zero-order valence-corrected chi connectivity index (χ0v) is 8.49. The topological polar surface area (TPSA) is 67.8 Å². The average molecular weight is 210 g/mol. The molecule has 78 valence electrons. The normalized spacial score (nSPS) is 14.5. The minimum absolute atomic E-state index is 0.294. The fourth-order valence-electron chi connectivity index (χ4n) is 1.81. The number of allylic oxidation sites excluding steroid dienone is 1. The molecule has 16 heavy (non-hydrogen) atoms.